The van der Waals surface area contributed by atoms with E-state index in [-0.39, 0.29) is 11.9 Å². The van der Waals surface area contributed by atoms with Gasteiger partial charge in [0.2, 0.25) is 5.91 Å². The first kappa shape index (κ1) is 16.4. The van der Waals surface area contributed by atoms with E-state index < -0.39 is 0 Å². The Hall–Kier alpha value is -0.610. The Labute approximate surface area is 118 Å². The van der Waals surface area contributed by atoms with Gasteiger partial charge in [0.1, 0.15) is 0 Å². The summed E-state index contributed by atoms with van der Waals surface area (Å²) in [6.45, 7) is 13.3. The van der Waals surface area contributed by atoms with Crippen molar-refractivity contribution in [2.45, 2.75) is 46.6 Å². The third-order valence-electron chi connectivity index (χ3n) is 3.41. The quantitative estimate of drug-likeness (QED) is 0.735. The van der Waals surface area contributed by atoms with Crippen molar-refractivity contribution in [1.29, 1.82) is 0 Å². The molecule has 1 aliphatic heterocycles. The molecular formula is C15H31N3O. The molecule has 112 valence electrons. The van der Waals surface area contributed by atoms with Gasteiger partial charge in [-0.15, -0.1) is 0 Å². The van der Waals surface area contributed by atoms with Crippen LogP contribution in [0.15, 0.2) is 0 Å². The van der Waals surface area contributed by atoms with Gasteiger partial charge in [0.25, 0.3) is 0 Å². The molecule has 1 saturated heterocycles. The van der Waals surface area contributed by atoms with Crippen LogP contribution >= 0.6 is 0 Å². The zero-order valence-electron chi connectivity index (χ0n) is 13.0. The number of hydrogen-bond donors (Lipinski definition) is 2. The van der Waals surface area contributed by atoms with Gasteiger partial charge in [0, 0.05) is 12.6 Å². The molecule has 0 aliphatic carbocycles. The monoisotopic (exact) mass is 269 g/mol. The Morgan fingerprint density at radius 2 is 2.05 bits per heavy atom. The van der Waals surface area contributed by atoms with Crippen molar-refractivity contribution in [1.82, 2.24) is 15.5 Å². The molecule has 1 amide bonds. The molecule has 0 spiro atoms. The van der Waals surface area contributed by atoms with E-state index in [1.807, 2.05) is 13.8 Å². The van der Waals surface area contributed by atoms with E-state index >= 15 is 0 Å². The number of piperidine rings is 1. The van der Waals surface area contributed by atoms with Crippen molar-refractivity contribution >= 4 is 5.91 Å². The fraction of sp³-hybridized carbons (Fsp3) is 0.933. The van der Waals surface area contributed by atoms with Crippen molar-refractivity contribution in [2.24, 2.45) is 11.8 Å². The van der Waals surface area contributed by atoms with Gasteiger partial charge in [-0.25, -0.2) is 0 Å². The van der Waals surface area contributed by atoms with Crippen molar-refractivity contribution in [3.63, 3.8) is 0 Å². The molecule has 0 aromatic heterocycles. The molecule has 1 rings (SSSR count). The second-order valence-corrected chi connectivity index (χ2v) is 6.52. The van der Waals surface area contributed by atoms with Crippen LogP contribution in [0.3, 0.4) is 0 Å². The first-order chi connectivity index (χ1) is 8.97. The summed E-state index contributed by atoms with van der Waals surface area (Å²) in [6.07, 6.45) is 2.50. The minimum absolute atomic E-state index is 0.158. The molecule has 1 aliphatic rings. The summed E-state index contributed by atoms with van der Waals surface area (Å²) in [7, 11) is 0. The van der Waals surface area contributed by atoms with Gasteiger partial charge < -0.3 is 10.6 Å². The average molecular weight is 269 g/mol. The number of nitrogens with zero attached hydrogens (tertiary/aromatic N) is 1. The molecular weight excluding hydrogens is 238 g/mol. The maximum Gasteiger partial charge on any atom is 0.234 e. The number of amides is 1. The SMILES string of the molecule is CC(C)CNCC1CCCN(CC(=O)NC(C)C)C1. The highest BCUT2D eigenvalue weighted by atomic mass is 16.2. The van der Waals surface area contributed by atoms with Crippen molar-refractivity contribution < 1.29 is 4.79 Å². The highest BCUT2D eigenvalue weighted by molar-refractivity contribution is 5.78. The number of carbonyl (C=O) groups excluding carboxylic acids is 1. The fourth-order valence-corrected chi connectivity index (χ4v) is 2.61. The third kappa shape index (κ3) is 7.53. The van der Waals surface area contributed by atoms with Crippen LogP contribution in [0.25, 0.3) is 0 Å². The van der Waals surface area contributed by atoms with Gasteiger partial charge in [-0.2, -0.15) is 0 Å². The third-order valence-corrected chi connectivity index (χ3v) is 3.41. The lowest BCUT2D eigenvalue weighted by Gasteiger charge is -2.32. The summed E-state index contributed by atoms with van der Waals surface area (Å²) in [6, 6.07) is 0.237. The molecule has 0 radical (unpaired) electrons. The Kier molecular flexibility index (Phi) is 7.39. The van der Waals surface area contributed by atoms with Crippen LogP contribution in [-0.2, 0) is 4.79 Å². The van der Waals surface area contributed by atoms with E-state index in [0.29, 0.717) is 18.4 Å². The smallest absolute Gasteiger partial charge is 0.234 e. The van der Waals surface area contributed by atoms with Gasteiger partial charge in [-0.3, -0.25) is 9.69 Å². The molecule has 0 aromatic carbocycles. The van der Waals surface area contributed by atoms with E-state index in [0.717, 1.165) is 26.2 Å². The van der Waals surface area contributed by atoms with Gasteiger partial charge in [-0.05, 0) is 58.2 Å². The van der Waals surface area contributed by atoms with E-state index in [9.17, 15) is 4.79 Å². The van der Waals surface area contributed by atoms with Crippen molar-refractivity contribution in [2.75, 3.05) is 32.7 Å². The van der Waals surface area contributed by atoms with E-state index in [4.69, 9.17) is 0 Å². The topological polar surface area (TPSA) is 44.4 Å². The standard InChI is InChI=1S/C15H31N3O/c1-12(2)8-16-9-14-6-5-7-18(10-14)11-15(19)17-13(3)4/h12-14,16H,5-11H2,1-4H3,(H,17,19). The van der Waals surface area contributed by atoms with Crippen LogP contribution in [-0.4, -0.2) is 49.6 Å². The normalized spacial score (nSPS) is 21.1. The summed E-state index contributed by atoms with van der Waals surface area (Å²) in [5.74, 6) is 1.56. The largest absolute Gasteiger partial charge is 0.353 e. The van der Waals surface area contributed by atoms with Gasteiger partial charge in [-0.1, -0.05) is 13.8 Å². The summed E-state index contributed by atoms with van der Waals surface area (Å²) >= 11 is 0. The average Bonchev–Trinajstić information content (AvgIpc) is 2.27. The van der Waals surface area contributed by atoms with Crippen LogP contribution in [0.2, 0.25) is 0 Å². The first-order valence-corrected chi connectivity index (χ1v) is 7.69. The minimum atomic E-state index is 0.158. The summed E-state index contributed by atoms with van der Waals surface area (Å²) < 4.78 is 0. The lowest BCUT2D eigenvalue weighted by atomic mass is 9.98. The molecule has 0 bridgehead atoms. The number of carbonyl (C=O) groups is 1. The highest BCUT2D eigenvalue weighted by Crippen LogP contribution is 2.15. The fourth-order valence-electron chi connectivity index (χ4n) is 2.61. The van der Waals surface area contributed by atoms with Gasteiger partial charge in [0.15, 0.2) is 0 Å². The zero-order valence-corrected chi connectivity index (χ0v) is 13.0. The van der Waals surface area contributed by atoms with Crippen LogP contribution < -0.4 is 10.6 Å². The number of nitrogens with one attached hydrogen (secondary N) is 2. The Morgan fingerprint density at radius 1 is 1.32 bits per heavy atom. The summed E-state index contributed by atoms with van der Waals surface area (Å²) in [4.78, 5) is 14.1. The van der Waals surface area contributed by atoms with Crippen LogP contribution in [0.4, 0.5) is 0 Å². The summed E-state index contributed by atoms with van der Waals surface area (Å²) in [5.41, 5.74) is 0. The second kappa shape index (κ2) is 8.54. The van der Waals surface area contributed by atoms with Gasteiger partial charge >= 0.3 is 0 Å². The molecule has 4 heteroatoms. The van der Waals surface area contributed by atoms with Crippen molar-refractivity contribution in [3.05, 3.63) is 0 Å². The van der Waals surface area contributed by atoms with E-state index in [1.54, 1.807) is 0 Å². The molecule has 2 N–H and O–H groups in total. The number of hydrogen-bond acceptors (Lipinski definition) is 3. The lowest BCUT2D eigenvalue weighted by molar-refractivity contribution is -0.123. The zero-order chi connectivity index (χ0) is 14.3. The summed E-state index contributed by atoms with van der Waals surface area (Å²) in [5, 5.41) is 6.50. The minimum Gasteiger partial charge on any atom is -0.353 e. The molecule has 0 saturated carbocycles. The Morgan fingerprint density at radius 3 is 2.68 bits per heavy atom. The predicted molar refractivity (Wildman–Crippen MR) is 80.2 cm³/mol. The maximum absolute atomic E-state index is 11.8. The lowest BCUT2D eigenvalue weighted by Crippen LogP contribution is -2.45. The first-order valence-electron chi connectivity index (χ1n) is 7.69. The van der Waals surface area contributed by atoms with E-state index in [1.165, 1.54) is 12.8 Å². The predicted octanol–water partition coefficient (Wildman–Crippen LogP) is 1.47. The van der Waals surface area contributed by atoms with Crippen LogP contribution in [0.5, 0.6) is 0 Å². The molecule has 19 heavy (non-hydrogen) atoms. The van der Waals surface area contributed by atoms with Crippen LogP contribution in [0.1, 0.15) is 40.5 Å². The highest BCUT2D eigenvalue weighted by Gasteiger charge is 2.21. The van der Waals surface area contributed by atoms with E-state index in [2.05, 4.69) is 29.4 Å². The Bertz CT molecular complexity index is 266. The second-order valence-electron chi connectivity index (χ2n) is 6.52. The molecule has 4 nitrogen and oxygen atoms in total. The van der Waals surface area contributed by atoms with Crippen LogP contribution in [0, 0.1) is 11.8 Å². The molecule has 1 fully saturated rings. The molecule has 1 unspecified atom stereocenters. The molecule has 0 aromatic rings. The van der Waals surface area contributed by atoms with Gasteiger partial charge in [0.05, 0.1) is 6.54 Å². The Balaban J connectivity index is 2.23. The maximum atomic E-state index is 11.8. The molecule has 1 heterocycles. The van der Waals surface area contributed by atoms with Crippen molar-refractivity contribution in [3.8, 4) is 0 Å². The molecule has 1 atom stereocenters. The number of rotatable bonds is 7. The number of likely N-dealkylation sites (tertiary alicyclic amines) is 1.